The summed E-state index contributed by atoms with van der Waals surface area (Å²) in [6.07, 6.45) is 1.92. The summed E-state index contributed by atoms with van der Waals surface area (Å²) in [5.41, 5.74) is 4.01. The van der Waals surface area contributed by atoms with E-state index in [2.05, 4.69) is 35.5 Å². The first-order valence-corrected chi connectivity index (χ1v) is 9.09. The van der Waals surface area contributed by atoms with Gasteiger partial charge in [-0.25, -0.2) is 8.42 Å². The van der Waals surface area contributed by atoms with Crippen molar-refractivity contribution in [1.82, 2.24) is 4.90 Å². The molecule has 0 saturated carbocycles. The van der Waals surface area contributed by atoms with Crippen LogP contribution < -0.4 is 5.32 Å². The number of para-hydroxylation sites is 1. The van der Waals surface area contributed by atoms with Crippen molar-refractivity contribution < 1.29 is 8.42 Å². The molecule has 0 aliphatic carbocycles. The molecule has 1 unspecified atom stereocenters. The second-order valence-corrected chi connectivity index (χ2v) is 8.32. The lowest BCUT2D eigenvalue weighted by Crippen LogP contribution is -2.26. The van der Waals surface area contributed by atoms with Crippen molar-refractivity contribution in [3.8, 4) is 0 Å². The Hall–Kier alpha value is -0.780. The number of nitrogens with one attached hydrogen (secondary N) is 1. The third-order valence-corrected chi connectivity index (χ3v) is 6.11. The first kappa shape index (κ1) is 16.6. The molecule has 4 nitrogen and oxygen atoms in total. The van der Waals surface area contributed by atoms with E-state index >= 15 is 0 Å². The lowest BCUT2D eigenvalue weighted by atomic mass is 10.1. The van der Waals surface area contributed by atoms with E-state index in [1.54, 1.807) is 0 Å². The Balaban J connectivity index is 0.00000161. The highest BCUT2D eigenvalue weighted by Gasteiger charge is 2.28. The Morgan fingerprint density at radius 3 is 2.90 bits per heavy atom. The van der Waals surface area contributed by atoms with Gasteiger partial charge in [-0.15, -0.1) is 12.4 Å². The fourth-order valence-corrected chi connectivity index (χ4v) is 5.20. The molecule has 6 heteroatoms. The number of hydrogen-bond donors (Lipinski definition) is 1. The van der Waals surface area contributed by atoms with Crippen molar-refractivity contribution in [3.63, 3.8) is 0 Å². The summed E-state index contributed by atoms with van der Waals surface area (Å²) < 4.78 is 23.0. The summed E-state index contributed by atoms with van der Waals surface area (Å²) in [6, 6.07) is 6.47. The van der Waals surface area contributed by atoms with E-state index in [1.165, 1.54) is 16.8 Å². The zero-order chi connectivity index (χ0) is 14.2. The Bertz CT molecular complexity index is 604. The van der Waals surface area contributed by atoms with Crippen LogP contribution in [0.5, 0.6) is 0 Å². The van der Waals surface area contributed by atoms with Gasteiger partial charge in [-0.2, -0.15) is 0 Å². The van der Waals surface area contributed by atoms with Gasteiger partial charge in [0.05, 0.1) is 11.5 Å². The normalized spacial score (nSPS) is 22.7. The third kappa shape index (κ3) is 3.90. The molecule has 1 atom stereocenters. The Morgan fingerprint density at radius 1 is 1.38 bits per heavy atom. The van der Waals surface area contributed by atoms with Crippen LogP contribution in [-0.4, -0.2) is 45.0 Å². The van der Waals surface area contributed by atoms with E-state index in [0.717, 1.165) is 32.5 Å². The van der Waals surface area contributed by atoms with E-state index in [0.29, 0.717) is 17.4 Å². The lowest BCUT2D eigenvalue weighted by Gasteiger charge is -2.21. The number of hydrogen-bond acceptors (Lipinski definition) is 4. The van der Waals surface area contributed by atoms with Gasteiger partial charge in [0.25, 0.3) is 0 Å². The molecule has 2 heterocycles. The average Bonchev–Trinajstić information content (AvgIpc) is 2.96. The van der Waals surface area contributed by atoms with Crippen molar-refractivity contribution in [2.45, 2.75) is 19.4 Å². The standard InChI is InChI=1S/C15H22N2O2S.ClH/c1-17(9-12-6-8-20(18,19)11-12)10-14-4-2-3-13-5-7-16-15(13)14;/h2-4,12,16H,5-11H2,1H3;1H. The second kappa shape index (κ2) is 6.55. The molecule has 118 valence electrons. The second-order valence-electron chi connectivity index (χ2n) is 6.09. The third-order valence-electron chi connectivity index (χ3n) is 4.27. The number of rotatable bonds is 4. The highest BCUT2D eigenvalue weighted by molar-refractivity contribution is 7.91. The summed E-state index contributed by atoms with van der Waals surface area (Å²) >= 11 is 0. The average molecular weight is 331 g/mol. The summed E-state index contributed by atoms with van der Waals surface area (Å²) in [5, 5.41) is 3.46. The minimum Gasteiger partial charge on any atom is -0.384 e. The minimum atomic E-state index is -2.76. The molecule has 1 N–H and O–H groups in total. The molecular formula is C15H23ClN2O2S. The van der Waals surface area contributed by atoms with Crippen LogP contribution in [0.4, 0.5) is 5.69 Å². The van der Waals surface area contributed by atoms with Crippen LogP contribution in [-0.2, 0) is 22.8 Å². The Labute approximate surface area is 133 Å². The van der Waals surface area contributed by atoms with Crippen LogP contribution in [0.15, 0.2) is 18.2 Å². The van der Waals surface area contributed by atoms with Crippen LogP contribution in [0.2, 0.25) is 0 Å². The number of sulfone groups is 1. The molecular weight excluding hydrogens is 308 g/mol. The molecule has 0 radical (unpaired) electrons. The molecule has 2 aliphatic rings. The molecule has 0 spiro atoms. The Morgan fingerprint density at radius 2 is 2.19 bits per heavy atom. The first-order chi connectivity index (χ1) is 9.53. The van der Waals surface area contributed by atoms with Gasteiger partial charge in [0.15, 0.2) is 9.84 Å². The fourth-order valence-electron chi connectivity index (χ4n) is 3.35. The number of nitrogens with zero attached hydrogens (tertiary/aromatic N) is 1. The van der Waals surface area contributed by atoms with Gasteiger partial charge in [-0.05, 0) is 36.9 Å². The van der Waals surface area contributed by atoms with Gasteiger partial charge in [0, 0.05) is 25.3 Å². The van der Waals surface area contributed by atoms with Crippen LogP contribution in [0.25, 0.3) is 0 Å². The molecule has 1 aromatic rings. The van der Waals surface area contributed by atoms with Crippen molar-refractivity contribution in [2.75, 3.05) is 37.0 Å². The molecule has 0 amide bonds. The summed E-state index contributed by atoms with van der Waals surface area (Å²) in [6.45, 7) is 2.77. The Kier molecular flexibility index (Phi) is 5.17. The lowest BCUT2D eigenvalue weighted by molar-refractivity contribution is 0.282. The predicted molar refractivity (Wildman–Crippen MR) is 89.0 cm³/mol. The summed E-state index contributed by atoms with van der Waals surface area (Å²) in [4.78, 5) is 2.25. The molecule has 1 aromatic carbocycles. The maximum Gasteiger partial charge on any atom is 0.150 e. The van der Waals surface area contributed by atoms with E-state index in [-0.39, 0.29) is 12.4 Å². The largest absolute Gasteiger partial charge is 0.384 e. The van der Waals surface area contributed by atoms with Crippen LogP contribution >= 0.6 is 12.4 Å². The summed E-state index contributed by atoms with van der Waals surface area (Å²) in [7, 11) is -0.680. The molecule has 0 aromatic heterocycles. The van der Waals surface area contributed by atoms with Crippen LogP contribution in [0.1, 0.15) is 17.5 Å². The van der Waals surface area contributed by atoms with Crippen molar-refractivity contribution in [3.05, 3.63) is 29.3 Å². The van der Waals surface area contributed by atoms with Gasteiger partial charge in [-0.3, -0.25) is 0 Å². The van der Waals surface area contributed by atoms with Gasteiger partial charge < -0.3 is 10.2 Å². The quantitative estimate of drug-likeness (QED) is 0.916. The molecule has 3 rings (SSSR count). The highest BCUT2D eigenvalue weighted by atomic mass is 35.5. The van der Waals surface area contributed by atoms with Crippen LogP contribution in [0, 0.1) is 5.92 Å². The van der Waals surface area contributed by atoms with E-state index in [1.807, 2.05) is 0 Å². The number of fused-ring (bicyclic) bond motifs is 1. The van der Waals surface area contributed by atoms with Gasteiger partial charge >= 0.3 is 0 Å². The van der Waals surface area contributed by atoms with E-state index in [4.69, 9.17) is 0 Å². The van der Waals surface area contributed by atoms with Crippen LogP contribution in [0.3, 0.4) is 0 Å². The van der Waals surface area contributed by atoms with Gasteiger partial charge in [-0.1, -0.05) is 18.2 Å². The minimum absolute atomic E-state index is 0. The zero-order valence-electron chi connectivity index (χ0n) is 12.3. The number of anilines is 1. The van der Waals surface area contributed by atoms with Gasteiger partial charge in [0.2, 0.25) is 0 Å². The number of benzene rings is 1. The maximum absolute atomic E-state index is 11.5. The zero-order valence-corrected chi connectivity index (χ0v) is 14.0. The highest BCUT2D eigenvalue weighted by Crippen LogP contribution is 2.27. The first-order valence-electron chi connectivity index (χ1n) is 7.27. The van der Waals surface area contributed by atoms with Crippen molar-refractivity contribution >= 4 is 27.9 Å². The van der Waals surface area contributed by atoms with Crippen molar-refractivity contribution in [2.24, 2.45) is 5.92 Å². The van der Waals surface area contributed by atoms with E-state index in [9.17, 15) is 8.42 Å². The fraction of sp³-hybridized carbons (Fsp3) is 0.600. The van der Waals surface area contributed by atoms with E-state index < -0.39 is 9.84 Å². The predicted octanol–water partition coefficient (Wildman–Crippen LogP) is 1.94. The smallest absolute Gasteiger partial charge is 0.150 e. The SMILES string of the molecule is CN(Cc1cccc2c1NCC2)CC1CCS(=O)(=O)C1.Cl. The number of halogens is 1. The van der Waals surface area contributed by atoms with Crippen molar-refractivity contribution in [1.29, 1.82) is 0 Å². The molecule has 1 fully saturated rings. The topological polar surface area (TPSA) is 49.4 Å². The molecule has 21 heavy (non-hydrogen) atoms. The molecule has 1 saturated heterocycles. The summed E-state index contributed by atoms with van der Waals surface area (Å²) in [5.74, 6) is 1.03. The molecule has 0 bridgehead atoms. The monoisotopic (exact) mass is 330 g/mol. The molecule has 2 aliphatic heterocycles. The maximum atomic E-state index is 11.5. The van der Waals surface area contributed by atoms with Gasteiger partial charge in [0.1, 0.15) is 0 Å².